The van der Waals surface area contributed by atoms with E-state index in [-0.39, 0.29) is 6.04 Å². The first-order chi connectivity index (χ1) is 8.11. The molecule has 0 amide bonds. The van der Waals surface area contributed by atoms with E-state index >= 15 is 0 Å². The molecular weight excluding hydrogens is 254 g/mol. The summed E-state index contributed by atoms with van der Waals surface area (Å²) in [4.78, 5) is 11.7. The van der Waals surface area contributed by atoms with E-state index in [2.05, 4.69) is 39.3 Å². The summed E-state index contributed by atoms with van der Waals surface area (Å²) in [6.07, 6.45) is 1.50. The first-order valence-electron chi connectivity index (χ1n) is 5.34. The molecule has 0 saturated carbocycles. The highest BCUT2D eigenvalue weighted by Crippen LogP contribution is 2.30. The second kappa shape index (κ2) is 5.02. The topological polar surface area (TPSA) is 29.0 Å². The van der Waals surface area contributed by atoms with Crippen molar-refractivity contribution in [2.45, 2.75) is 19.9 Å². The van der Waals surface area contributed by atoms with E-state index in [1.807, 2.05) is 14.0 Å². The van der Waals surface area contributed by atoms with Crippen molar-refractivity contribution in [3.05, 3.63) is 39.4 Å². The van der Waals surface area contributed by atoms with Gasteiger partial charge in [0.25, 0.3) is 0 Å². The molecule has 0 bridgehead atoms. The van der Waals surface area contributed by atoms with Crippen LogP contribution in [0.2, 0.25) is 5.15 Å². The van der Waals surface area contributed by atoms with Crippen LogP contribution in [0.25, 0.3) is 0 Å². The van der Waals surface area contributed by atoms with Crippen LogP contribution in [0.15, 0.2) is 23.8 Å². The van der Waals surface area contributed by atoms with Crippen molar-refractivity contribution >= 4 is 28.8 Å². The first kappa shape index (κ1) is 12.3. The van der Waals surface area contributed by atoms with E-state index in [1.165, 1.54) is 11.2 Å². The minimum atomic E-state index is 0.277. The molecule has 3 nitrogen and oxygen atoms in total. The fourth-order valence-electron chi connectivity index (χ4n) is 1.68. The van der Waals surface area contributed by atoms with Crippen LogP contribution in [0.1, 0.15) is 23.4 Å². The van der Waals surface area contributed by atoms with Gasteiger partial charge in [-0.1, -0.05) is 17.7 Å². The molecule has 0 radical (unpaired) electrons. The predicted molar refractivity (Wildman–Crippen MR) is 72.9 cm³/mol. The van der Waals surface area contributed by atoms with Gasteiger partial charge in [0.1, 0.15) is 17.3 Å². The molecule has 0 spiro atoms. The maximum atomic E-state index is 6.01. The Morgan fingerprint density at radius 2 is 2.18 bits per heavy atom. The third-order valence-electron chi connectivity index (χ3n) is 2.87. The van der Waals surface area contributed by atoms with Crippen molar-refractivity contribution in [2.75, 3.05) is 11.9 Å². The molecular formula is C12H14ClN3S. The van der Waals surface area contributed by atoms with Crippen LogP contribution in [0, 0.1) is 6.92 Å². The molecule has 0 aliphatic rings. The number of hydrogen-bond donors (Lipinski definition) is 0. The van der Waals surface area contributed by atoms with Crippen LogP contribution in [0.5, 0.6) is 0 Å². The quantitative estimate of drug-likeness (QED) is 0.794. The molecule has 1 atom stereocenters. The van der Waals surface area contributed by atoms with Gasteiger partial charge in [-0.05, 0) is 25.3 Å². The molecule has 0 N–H and O–H groups in total. The Kier molecular flexibility index (Phi) is 3.64. The number of thiophene rings is 1. The molecule has 2 aromatic heterocycles. The number of aromatic nitrogens is 2. The average Bonchev–Trinajstić information content (AvgIpc) is 2.84. The van der Waals surface area contributed by atoms with Gasteiger partial charge < -0.3 is 4.90 Å². The van der Waals surface area contributed by atoms with Crippen molar-refractivity contribution < 1.29 is 0 Å². The van der Waals surface area contributed by atoms with Gasteiger partial charge in [-0.3, -0.25) is 0 Å². The lowest BCUT2D eigenvalue weighted by Crippen LogP contribution is -2.23. The molecule has 0 aromatic carbocycles. The molecule has 17 heavy (non-hydrogen) atoms. The third-order valence-corrected chi connectivity index (χ3v) is 4.29. The maximum Gasteiger partial charge on any atom is 0.137 e. The molecule has 90 valence electrons. The molecule has 5 heteroatoms. The Bertz CT molecular complexity index is 498. The van der Waals surface area contributed by atoms with E-state index in [9.17, 15) is 0 Å². The summed E-state index contributed by atoms with van der Waals surface area (Å²) in [7, 11) is 2.02. The fraction of sp³-hybridized carbons (Fsp3) is 0.333. The van der Waals surface area contributed by atoms with E-state index < -0.39 is 0 Å². The first-order valence-corrected chi connectivity index (χ1v) is 6.60. The van der Waals surface area contributed by atoms with Crippen LogP contribution in [0.4, 0.5) is 5.82 Å². The van der Waals surface area contributed by atoms with Gasteiger partial charge >= 0.3 is 0 Å². The number of anilines is 1. The lowest BCUT2D eigenvalue weighted by Gasteiger charge is -2.26. The minimum absolute atomic E-state index is 0.277. The maximum absolute atomic E-state index is 6.01. The summed E-state index contributed by atoms with van der Waals surface area (Å²) in [5.74, 6) is 0.880. The van der Waals surface area contributed by atoms with Crippen molar-refractivity contribution in [3.63, 3.8) is 0 Å². The van der Waals surface area contributed by atoms with Crippen molar-refractivity contribution in [1.82, 2.24) is 9.97 Å². The Morgan fingerprint density at radius 3 is 2.82 bits per heavy atom. The highest BCUT2D eigenvalue weighted by molar-refractivity contribution is 7.10. The Balaban J connectivity index is 2.31. The highest BCUT2D eigenvalue weighted by atomic mass is 35.5. The van der Waals surface area contributed by atoms with Gasteiger partial charge in [0.05, 0.1) is 6.04 Å². The van der Waals surface area contributed by atoms with E-state index in [4.69, 9.17) is 11.6 Å². The predicted octanol–water partition coefficient (Wildman–Crippen LogP) is 3.70. The normalized spacial score (nSPS) is 12.5. The van der Waals surface area contributed by atoms with Crippen LogP contribution >= 0.6 is 22.9 Å². The summed E-state index contributed by atoms with van der Waals surface area (Å²) < 4.78 is 0. The SMILES string of the molecule is Cc1c(Cl)ncnc1N(C)C(C)c1cccs1. The molecule has 1 unspecified atom stereocenters. The summed E-state index contributed by atoms with van der Waals surface area (Å²) >= 11 is 7.76. The van der Waals surface area contributed by atoms with Gasteiger partial charge in [-0.15, -0.1) is 11.3 Å². The fourth-order valence-corrected chi connectivity index (χ4v) is 2.63. The zero-order valence-electron chi connectivity index (χ0n) is 10.0. The lowest BCUT2D eigenvalue weighted by molar-refractivity contribution is 0.737. The van der Waals surface area contributed by atoms with Crippen molar-refractivity contribution in [2.24, 2.45) is 0 Å². The van der Waals surface area contributed by atoms with Gasteiger partial charge in [0.15, 0.2) is 0 Å². The van der Waals surface area contributed by atoms with Gasteiger partial charge in [-0.25, -0.2) is 9.97 Å². The molecule has 0 fully saturated rings. The van der Waals surface area contributed by atoms with Crippen LogP contribution < -0.4 is 4.90 Å². The van der Waals surface area contributed by atoms with Crippen LogP contribution in [-0.2, 0) is 0 Å². The third kappa shape index (κ3) is 2.42. The largest absolute Gasteiger partial charge is 0.352 e. The monoisotopic (exact) mass is 267 g/mol. The molecule has 0 saturated heterocycles. The zero-order chi connectivity index (χ0) is 12.4. The second-order valence-corrected chi connectivity index (χ2v) is 5.25. The molecule has 2 aromatic rings. The molecule has 0 aliphatic carbocycles. The highest BCUT2D eigenvalue weighted by Gasteiger charge is 2.17. The summed E-state index contributed by atoms with van der Waals surface area (Å²) in [6.45, 7) is 4.09. The number of rotatable bonds is 3. The molecule has 2 rings (SSSR count). The summed E-state index contributed by atoms with van der Waals surface area (Å²) in [5.41, 5.74) is 0.917. The van der Waals surface area contributed by atoms with Crippen LogP contribution in [0.3, 0.4) is 0 Å². The number of nitrogens with zero attached hydrogens (tertiary/aromatic N) is 3. The second-order valence-electron chi connectivity index (χ2n) is 3.92. The van der Waals surface area contributed by atoms with Crippen molar-refractivity contribution in [1.29, 1.82) is 0 Å². The smallest absolute Gasteiger partial charge is 0.137 e. The Morgan fingerprint density at radius 1 is 1.41 bits per heavy atom. The van der Waals surface area contributed by atoms with Gasteiger partial charge in [0.2, 0.25) is 0 Å². The number of halogens is 1. The molecule has 0 aliphatic heterocycles. The van der Waals surface area contributed by atoms with E-state index in [0.29, 0.717) is 5.15 Å². The van der Waals surface area contributed by atoms with E-state index in [1.54, 1.807) is 11.3 Å². The Labute approximate surface area is 110 Å². The Hall–Kier alpha value is -1.13. The lowest BCUT2D eigenvalue weighted by atomic mass is 10.2. The van der Waals surface area contributed by atoms with E-state index in [0.717, 1.165) is 11.4 Å². The molecule has 2 heterocycles. The zero-order valence-corrected chi connectivity index (χ0v) is 11.6. The van der Waals surface area contributed by atoms with Crippen LogP contribution in [-0.4, -0.2) is 17.0 Å². The average molecular weight is 268 g/mol. The van der Waals surface area contributed by atoms with Gasteiger partial charge in [0, 0.05) is 17.5 Å². The minimum Gasteiger partial charge on any atom is -0.352 e. The number of hydrogen-bond acceptors (Lipinski definition) is 4. The van der Waals surface area contributed by atoms with Crippen molar-refractivity contribution in [3.8, 4) is 0 Å². The summed E-state index contributed by atoms with van der Waals surface area (Å²) in [5, 5.41) is 2.60. The summed E-state index contributed by atoms with van der Waals surface area (Å²) in [6, 6.07) is 4.47. The standard InChI is InChI=1S/C12H14ClN3S/c1-8-11(13)14-7-15-12(8)16(3)9(2)10-5-4-6-17-10/h4-7,9H,1-3H3. The van der Waals surface area contributed by atoms with Gasteiger partial charge in [-0.2, -0.15) is 0 Å².